The van der Waals surface area contributed by atoms with E-state index < -0.39 is 12.2 Å². The van der Waals surface area contributed by atoms with Crippen molar-refractivity contribution in [3.05, 3.63) is 0 Å². The molecular formula is C14H18O4. The lowest BCUT2D eigenvalue weighted by Crippen LogP contribution is -2.14. The maximum atomic E-state index is 11.2. The quantitative estimate of drug-likeness (QED) is 0.392. The Hall–Kier alpha value is -1.94. The summed E-state index contributed by atoms with van der Waals surface area (Å²) in [4.78, 5) is 22.4. The Morgan fingerprint density at radius 2 is 1.28 bits per heavy atom. The number of rotatable bonds is 7. The predicted molar refractivity (Wildman–Crippen MR) is 67.2 cm³/mol. The van der Waals surface area contributed by atoms with E-state index in [9.17, 15) is 9.59 Å². The second-order valence-corrected chi connectivity index (χ2v) is 3.80. The standard InChI is InChI=1S/C14H18O4/c1-5-11(3)17-13(15)9-7-8-10-14(16)18-12(4)6-2/h1-2,11-12H,7-10H2,3-4H3. The molecule has 0 bridgehead atoms. The summed E-state index contributed by atoms with van der Waals surface area (Å²) in [5.74, 6) is 3.88. The van der Waals surface area contributed by atoms with Gasteiger partial charge in [0.15, 0.2) is 12.2 Å². The Labute approximate surface area is 108 Å². The molecule has 2 atom stereocenters. The van der Waals surface area contributed by atoms with Gasteiger partial charge in [-0.3, -0.25) is 9.59 Å². The maximum Gasteiger partial charge on any atom is 0.307 e. The molecule has 98 valence electrons. The van der Waals surface area contributed by atoms with Gasteiger partial charge in [0.2, 0.25) is 0 Å². The summed E-state index contributed by atoms with van der Waals surface area (Å²) in [7, 11) is 0. The fourth-order valence-corrected chi connectivity index (χ4v) is 1.12. The van der Waals surface area contributed by atoms with Crippen molar-refractivity contribution in [1.82, 2.24) is 0 Å². The van der Waals surface area contributed by atoms with Crippen LogP contribution < -0.4 is 0 Å². The molecule has 0 aliphatic carbocycles. The van der Waals surface area contributed by atoms with Crippen molar-refractivity contribution in [2.75, 3.05) is 0 Å². The summed E-state index contributed by atoms with van der Waals surface area (Å²) in [6.45, 7) is 3.24. The average Bonchev–Trinajstić information content (AvgIpc) is 2.34. The van der Waals surface area contributed by atoms with Gasteiger partial charge in [-0.15, -0.1) is 12.8 Å². The highest BCUT2D eigenvalue weighted by molar-refractivity contribution is 5.71. The molecule has 0 heterocycles. The minimum absolute atomic E-state index is 0.240. The number of terminal acetylenes is 2. The molecule has 0 saturated carbocycles. The van der Waals surface area contributed by atoms with Crippen LogP contribution in [0.25, 0.3) is 0 Å². The monoisotopic (exact) mass is 250 g/mol. The molecule has 0 aromatic heterocycles. The highest BCUT2D eigenvalue weighted by Crippen LogP contribution is 2.05. The van der Waals surface area contributed by atoms with Crippen LogP contribution in [0, 0.1) is 24.7 Å². The maximum absolute atomic E-state index is 11.2. The zero-order valence-electron chi connectivity index (χ0n) is 10.8. The van der Waals surface area contributed by atoms with Gasteiger partial charge in [0.25, 0.3) is 0 Å². The van der Waals surface area contributed by atoms with Gasteiger partial charge < -0.3 is 9.47 Å². The van der Waals surface area contributed by atoms with Crippen molar-refractivity contribution in [3.8, 4) is 24.7 Å². The zero-order chi connectivity index (χ0) is 14.0. The molecule has 18 heavy (non-hydrogen) atoms. The first-order chi connectivity index (χ1) is 8.49. The number of hydrogen-bond acceptors (Lipinski definition) is 4. The molecule has 0 rings (SSSR count). The summed E-state index contributed by atoms with van der Waals surface area (Å²) >= 11 is 0. The van der Waals surface area contributed by atoms with Crippen LogP contribution in [0.1, 0.15) is 39.5 Å². The zero-order valence-corrected chi connectivity index (χ0v) is 10.8. The van der Waals surface area contributed by atoms with Gasteiger partial charge in [0, 0.05) is 12.8 Å². The molecule has 4 heteroatoms. The van der Waals surface area contributed by atoms with Crippen molar-refractivity contribution >= 4 is 11.9 Å². The van der Waals surface area contributed by atoms with Crippen molar-refractivity contribution < 1.29 is 19.1 Å². The Morgan fingerprint density at radius 1 is 0.944 bits per heavy atom. The van der Waals surface area contributed by atoms with E-state index in [-0.39, 0.29) is 24.8 Å². The number of hydrogen-bond donors (Lipinski definition) is 0. The number of esters is 2. The van der Waals surface area contributed by atoms with Crippen LogP contribution in [0.3, 0.4) is 0 Å². The van der Waals surface area contributed by atoms with Crippen LogP contribution in [0.4, 0.5) is 0 Å². The first kappa shape index (κ1) is 16.1. The van der Waals surface area contributed by atoms with Gasteiger partial charge in [0.1, 0.15) is 0 Å². The van der Waals surface area contributed by atoms with Crippen molar-refractivity contribution in [1.29, 1.82) is 0 Å². The van der Waals surface area contributed by atoms with Crippen LogP contribution in [0.2, 0.25) is 0 Å². The molecule has 0 N–H and O–H groups in total. The second kappa shape index (κ2) is 9.13. The second-order valence-electron chi connectivity index (χ2n) is 3.80. The van der Waals surface area contributed by atoms with Crippen LogP contribution in [-0.2, 0) is 19.1 Å². The molecule has 0 fully saturated rings. The summed E-state index contributed by atoms with van der Waals surface area (Å²) in [6.07, 6.45) is 10.7. The smallest absolute Gasteiger partial charge is 0.307 e. The van der Waals surface area contributed by atoms with E-state index in [1.54, 1.807) is 13.8 Å². The summed E-state index contributed by atoms with van der Waals surface area (Å²) < 4.78 is 9.74. The molecule has 0 amide bonds. The molecule has 0 aliphatic rings. The Balaban J connectivity index is 3.63. The van der Waals surface area contributed by atoms with E-state index in [1.165, 1.54) is 0 Å². The molecule has 0 radical (unpaired) electrons. The number of carbonyl (C=O) groups is 2. The van der Waals surface area contributed by atoms with E-state index in [1.807, 2.05) is 0 Å². The molecule has 0 aromatic rings. The van der Waals surface area contributed by atoms with Crippen molar-refractivity contribution in [2.45, 2.75) is 51.7 Å². The van der Waals surface area contributed by atoms with Crippen LogP contribution >= 0.6 is 0 Å². The fourth-order valence-electron chi connectivity index (χ4n) is 1.12. The molecule has 0 spiro atoms. The minimum Gasteiger partial charge on any atom is -0.449 e. The SMILES string of the molecule is C#CC(C)OC(=O)CCCCC(=O)OC(C)C#C. The van der Waals surface area contributed by atoms with E-state index in [2.05, 4.69) is 11.8 Å². The average molecular weight is 250 g/mol. The summed E-state index contributed by atoms with van der Waals surface area (Å²) in [5.41, 5.74) is 0. The van der Waals surface area contributed by atoms with E-state index in [0.717, 1.165) is 0 Å². The van der Waals surface area contributed by atoms with E-state index >= 15 is 0 Å². The van der Waals surface area contributed by atoms with Crippen LogP contribution in [-0.4, -0.2) is 24.1 Å². The van der Waals surface area contributed by atoms with E-state index in [4.69, 9.17) is 22.3 Å². The third kappa shape index (κ3) is 8.24. The Kier molecular flexibility index (Phi) is 8.14. The fraction of sp³-hybridized carbons (Fsp3) is 0.571. The van der Waals surface area contributed by atoms with E-state index in [0.29, 0.717) is 12.8 Å². The predicted octanol–water partition coefficient (Wildman–Crippen LogP) is 1.68. The third-order valence-electron chi connectivity index (χ3n) is 2.10. The number of unbranched alkanes of at least 4 members (excludes halogenated alkanes) is 1. The summed E-state index contributed by atoms with van der Waals surface area (Å²) in [5, 5.41) is 0. The molecule has 0 aromatic carbocycles. The molecular weight excluding hydrogens is 232 g/mol. The van der Waals surface area contributed by atoms with Gasteiger partial charge >= 0.3 is 11.9 Å². The van der Waals surface area contributed by atoms with Crippen molar-refractivity contribution in [2.24, 2.45) is 0 Å². The Morgan fingerprint density at radius 3 is 1.56 bits per heavy atom. The lowest BCUT2D eigenvalue weighted by Gasteiger charge is -2.08. The molecule has 2 unspecified atom stereocenters. The van der Waals surface area contributed by atoms with Gasteiger partial charge in [-0.05, 0) is 26.7 Å². The molecule has 4 nitrogen and oxygen atoms in total. The van der Waals surface area contributed by atoms with Gasteiger partial charge in [-0.1, -0.05) is 11.8 Å². The van der Waals surface area contributed by atoms with Gasteiger partial charge in [-0.2, -0.15) is 0 Å². The first-order valence-corrected chi connectivity index (χ1v) is 5.80. The largest absolute Gasteiger partial charge is 0.449 e. The van der Waals surface area contributed by atoms with Gasteiger partial charge in [0.05, 0.1) is 0 Å². The lowest BCUT2D eigenvalue weighted by atomic mass is 10.2. The normalized spacial score (nSPS) is 12.7. The lowest BCUT2D eigenvalue weighted by molar-refractivity contribution is -0.148. The third-order valence-corrected chi connectivity index (χ3v) is 2.10. The molecule has 0 aliphatic heterocycles. The van der Waals surface area contributed by atoms with Crippen LogP contribution in [0.15, 0.2) is 0 Å². The highest BCUT2D eigenvalue weighted by atomic mass is 16.5. The van der Waals surface area contributed by atoms with Gasteiger partial charge in [-0.25, -0.2) is 0 Å². The highest BCUT2D eigenvalue weighted by Gasteiger charge is 2.09. The first-order valence-electron chi connectivity index (χ1n) is 5.80. The van der Waals surface area contributed by atoms with Crippen LogP contribution in [0.5, 0.6) is 0 Å². The summed E-state index contributed by atoms with van der Waals surface area (Å²) in [6, 6.07) is 0. The minimum atomic E-state index is -0.515. The molecule has 0 saturated heterocycles. The van der Waals surface area contributed by atoms with Crippen molar-refractivity contribution in [3.63, 3.8) is 0 Å². The number of ether oxygens (including phenoxy) is 2. The number of carbonyl (C=O) groups excluding carboxylic acids is 2. The Bertz CT molecular complexity index is 323. The topological polar surface area (TPSA) is 52.6 Å².